The number of carbonyl (C=O) groups is 1. The fourth-order valence-corrected chi connectivity index (χ4v) is 3.25. The van der Waals surface area contributed by atoms with Gasteiger partial charge in [-0.05, 0) is 24.6 Å². The van der Waals surface area contributed by atoms with Gasteiger partial charge in [-0.3, -0.25) is 0 Å². The third kappa shape index (κ3) is 3.53. The molecule has 0 fully saturated rings. The molecule has 0 aliphatic rings. The van der Waals surface area contributed by atoms with Crippen LogP contribution in [0.25, 0.3) is 0 Å². The first-order valence-corrected chi connectivity index (χ1v) is 7.42. The quantitative estimate of drug-likeness (QED) is 0.781. The summed E-state index contributed by atoms with van der Waals surface area (Å²) in [5.74, 6) is -2.34. The van der Waals surface area contributed by atoms with E-state index in [2.05, 4.69) is 0 Å². The lowest BCUT2D eigenvalue weighted by Crippen LogP contribution is -2.33. The zero-order chi connectivity index (χ0) is 15.3. The zero-order valence-corrected chi connectivity index (χ0v) is 11.7. The van der Waals surface area contributed by atoms with Gasteiger partial charge >= 0.3 is 5.97 Å². The van der Waals surface area contributed by atoms with Crippen molar-refractivity contribution < 1.29 is 27.8 Å². The van der Waals surface area contributed by atoms with E-state index in [4.69, 9.17) is 10.2 Å². The first kappa shape index (κ1) is 16.5. The van der Waals surface area contributed by atoms with Crippen molar-refractivity contribution in [2.45, 2.75) is 18.2 Å². The molecule has 0 saturated carbocycles. The maximum absolute atomic E-state index is 13.7. The summed E-state index contributed by atoms with van der Waals surface area (Å²) in [6.45, 7) is 1.52. The Bertz CT molecular complexity index is 588. The fourth-order valence-electron chi connectivity index (χ4n) is 1.67. The van der Waals surface area contributed by atoms with Gasteiger partial charge in [0.25, 0.3) is 0 Å². The van der Waals surface area contributed by atoms with Crippen molar-refractivity contribution >= 4 is 16.0 Å². The van der Waals surface area contributed by atoms with Crippen LogP contribution in [0.4, 0.5) is 4.39 Å². The molecule has 0 aliphatic carbocycles. The van der Waals surface area contributed by atoms with Crippen LogP contribution in [0.2, 0.25) is 0 Å². The van der Waals surface area contributed by atoms with E-state index in [0.717, 1.165) is 22.5 Å². The first-order valence-electron chi connectivity index (χ1n) is 5.98. The van der Waals surface area contributed by atoms with Gasteiger partial charge in [-0.15, -0.1) is 0 Å². The summed E-state index contributed by atoms with van der Waals surface area (Å²) in [5, 5.41) is 17.6. The number of aliphatic hydroxyl groups excluding tert-OH is 1. The molecular weight excluding hydrogens is 289 g/mol. The number of hydrogen-bond donors (Lipinski definition) is 2. The van der Waals surface area contributed by atoms with Gasteiger partial charge in [0, 0.05) is 19.7 Å². The molecule has 0 radical (unpaired) electrons. The van der Waals surface area contributed by atoms with E-state index >= 15 is 0 Å². The zero-order valence-electron chi connectivity index (χ0n) is 10.9. The number of rotatable bonds is 7. The molecule has 0 atom stereocenters. The van der Waals surface area contributed by atoms with Gasteiger partial charge in [0.05, 0.1) is 5.56 Å². The number of hydrogen-bond acceptors (Lipinski definition) is 4. The average Bonchev–Trinajstić information content (AvgIpc) is 2.39. The second-order valence-corrected chi connectivity index (χ2v) is 5.93. The van der Waals surface area contributed by atoms with Gasteiger partial charge in [-0.1, -0.05) is 6.92 Å². The highest BCUT2D eigenvalue weighted by atomic mass is 32.2. The van der Waals surface area contributed by atoms with E-state index in [1.165, 1.54) is 0 Å². The molecule has 0 spiro atoms. The Balaban J connectivity index is 3.26. The van der Waals surface area contributed by atoms with Crippen molar-refractivity contribution in [3.63, 3.8) is 0 Å². The molecule has 0 aliphatic heterocycles. The van der Waals surface area contributed by atoms with Gasteiger partial charge in [0.1, 0.15) is 10.7 Å². The number of aliphatic hydroxyl groups is 1. The molecule has 0 saturated heterocycles. The van der Waals surface area contributed by atoms with E-state index in [1.807, 2.05) is 0 Å². The minimum absolute atomic E-state index is 0.0338. The fraction of sp³-hybridized carbons (Fsp3) is 0.417. The third-order valence-corrected chi connectivity index (χ3v) is 4.70. The lowest BCUT2D eigenvalue weighted by molar-refractivity contribution is 0.0696. The highest BCUT2D eigenvalue weighted by Crippen LogP contribution is 2.21. The minimum Gasteiger partial charge on any atom is -0.478 e. The number of nitrogens with zero attached hydrogens (tertiary/aromatic N) is 1. The van der Waals surface area contributed by atoms with Gasteiger partial charge in [-0.2, -0.15) is 4.31 Å². The second kappa shape index (κ2) is 6.78. The van der Waals surface area contributed by atoms with Crippen molar-refractivity contribution in [1.29, 1.82) is 0 Å². The predicted octanol–water partition coefficient (Wildman–Crippen LogP) is 0.917. The topological polar surface area (TPSA) is 94.9 Å². The molecule has 20 heavy (non-hydrogen) atoms. The first-order chi connectivity index (χ1) is 9.34. The number of carboxylic acid groups (broad SMARTS) is 1. The Morgan fingerprint density at radius 2 is 2.05 bits per heavy atom. The monoisotopic (exact) mass is 305 g/mol. The van der Waals surface area contributed by atoms with Crippen molar-refractivity contribution in [2.24, 2.45) is 0 Å². The average molecular weight is 305 g/mol. The van der Waals surface area contributed by atoms with Gasteiger partial charge in [0.2, 0.25) is 10.0 Å². The van der Waals surface area contributed by atoms with Crippen LogP contribution in [0.1, 0.15) is 23.7 Å². The number of aromatic carboxylic acids is 1. The lowest BCUT2D eigenvalue weighted by atomic mass is 10.2. The molecule has 1 rings (SSSR count). The smallest absolute Gasteiger partial charge is 0.335 e. The highest BCUT2D eigenvalue weighted by molar-refractivity contribution is 7.89. The third-order valence-electron chi connectivity index (χ3n) is 2.71. The number of sulfonamides is 1. The minimum atomic E-state index is -4.13. The van der Waals surface area contributed by atoms with E-state index in [0.29, 0.717) is 0 Å². The molecule has 0 unspecified atom stereocenters. The van der Waals surface area contributed by atoms with Crippen LogP contribution in [0, 0.1) is 5.82 Å². The van der Waals surface area contributed by atoms with Crippen LogP contribution in [0.5, 0.6) is 0 Å². The van der Waals surface area contributed by atoms with E-state index in [9.17, 15) is 17.6 Å². The molecule has 1 aromatic carbocycles. The Labute approximate surface area is 116 Å². The molecule has 0 aromatic heterocycles. The van der Waals surface area contributed by atoms with Crippen LogP contribution in [-0.2, 0) is 10.0 Å². The van der Waals surface area contributed by atoms with Gasteiger partial charge < -0.3 is 10.2 Å². The number of carboxylic acids is 1. The molecule has 0 bridgehead atoms. The SMILES string of the molecule is CCN(CCCO)S(=O)(=O)c1cc(C(=O)O)ccc1F. The van der Waals surface area contributed by atoms with Crippen molar-refractivity contribution in [3.05, 3.63) is 29.6 Å². The molecule has 2 N–H and O–H groups in total. The molecule has 112 valence electrons. The summed E-state index contributed by atoms with van der Waals surface area (Å²) in [4.78, 5) is 10.2. The van der Waals surface area contributed by atoms with E-state index in [-0.39, 0.29) is 31.7 Å². The largest absolute Gasteiger partial charge is 0.478 e. The maximum Gasteiger partial charge on any atom is 0.335 e. The Hall–Kier alpha value is -1.51. The summed E-state index contributed by atoms with van der Waals surface area (Å²) in [7, 11) is -4.13. The Morgan fingerprint density at radius 3 is 2.55 bits per heavy atom. The molecule has 0 heterocycles. The van der Waals surface area contributed by atoms with Crippen LogP contribution in [-0.4, -0.2) is 48.6 Å². The summed E-state index contributed by atoms with van der Waals surface area (Å²) < 4.78 is 39.2. The van der Waals surface area contributed by atoms with Crippen LogP contribution >= 0.6 is 0 Å². The summed E-state index contributed by atoms with van der Waals surface area (Å²) in [5.41, 5.74) is -0.303. The summed E-state index contributed by atoms with van der Waals surface area (Å²) in [6, 6.07) is 2.62. The van der Waals surface area contributed by atoms with Crippen LogP contribution < -0.4 is 0 Å². The van der Waals surface area contributed by atoms with E-state index < -0.39 is 26.7 Å². The Morgan fingerprint density at radius 1 is 1.40 bits per heavy atom. The molecule has 6 nitrogen and oxygen atoms in total. The van der Waals surface area contributed by atoms with Gasteiger partial charge in [-0.25, -0.2) is 17.6 Å². The van der Waals surface area contributed by atoms with Crippen LogP contribution in [0.15, 0.2) is 23.1 Å². The van der Waals surface area contributed by atoms with Crippen molar-refractivity contribution in [3.8, 4) is 0 Å². The number of halogens is 1. The normalized spacial score (nSPS) is 11.8. The Kier molecular flexibility index (Phi) is 5.61. The molecule has 8 heteroatoms. The second-order valence-electron chi connectivity index (χ2n) is 4.02. The van der Waals surface area contributed by atoms with Crippen molar-refractivity contribution in [1.82, 2.24) is 4.31 Å². The van der Waals surface area contributed by atoms with Gasteiger partial charge in [0.15, 0.2) is 0 Å². The molecule has 0 amide bonds. The summed E-state index contributed by atoms with van der Waals surface area (Å²) in [6.07, 6.45) is 0.216. The molecular formula is C12H16FNO5S. The summed E-state index contributed by atoms with van der Waals surface area (Å²) >= 11 is 0. The molecule has 1 aromatic rings. The number of benzene rings is 1. The van der Waals surface area contributed by atoms with Crippen LogP contribution in [0.3, 0.4) is 0 Å². The lowest BCUT2D eigenvalue weighted by Gasteiger charge is -2.20. The maximum atomic E-state index is 13.7. The highest BCUT2D eigenvalue weighted by Gasteiger charge is 2.27. The standard InChI is InChI=1S/C12H16FNO5S/c1-2-14(6-3-7-15)20(18,19)11-8-9(12(16)17)4-5-10(11)13/h4-5,8,15H,2-3,6-7H2,1H3,(H,16,17). The van der Waals surface area contributed by atoms with Crippen molar-refractivity contribution in [2.75, 3.05) is 19.7 Å². The predicted molar refractivity (Wildman–Crippen MR) is 69.5 cm³/mol. The van der Waals surface area contributed by atoms with E-state index in [1.54, 1.807) is 6.92 Å².